The van der Waals surface area contributed by atoms with Crippen molar-refractivity contribution in [3.05, 3.63) is 27.2 Å². The lowest BCUT2D eigenvalue weighted by atomic mass is 9.92. The third-order valence-electron chi connectivity index (χ3n) is 3.50. The van der Waals surface area contributed by atoms with Crippen LogP contribution >= 0.6 is 12.2 Å². The molecule has 2 heteroatoms. The molecule has 0 fully saturated rings. The molecule has 1 nitrogen and oxygen atoms in total. The van der Waals surface area contributed by atoms with E-state index < -0.39 is 0 Å². The Bertz CT molecular complexity index is 445. The van der Waals surface area contributed by atoms with Gasteiger partial charge in [0.15, 0.2) is 4.71 Å². The Balaban J connectivity index is 3.40. The van der Waals surface area contributed by atoms with Crippen LogP contribution in [0.1, 0.15) is 75.8 Å². The first-order valence-corrected chi connectivity index (χ1v) is 8.26. The van der Waals surface area contributed by atoms with Crippen LogP contribution in [0, 0.1) is 4.71 Å². The average Bonchev–Trinajstić information content (AvgIpc) is 2.38. The molecule has 0 aliphatic carbocycles. The molecular formula is C17H28OS. The van der Waals surface area contributed by atoms with E-state index in [0.717, 1.165) is 49.0 Å². The van der Waals surface area contributed by atoms with Crippen LogP contribution in [0.4, 0.5) is 0 Å². The first-order chi connectivity index (χ1) is 9.19. The van der Waals surface area contributed by atoms with Crippen LogP contribution < -0.4 is 0 Å². The van der Waals surface area contributed by atoms with Gasteiger partial charge in [0.2, 0.25) is 0 Å². The van der Waals surface area contributed by atoms with E-state index in [-0.39, 0.29) is 0 Å². The molecule has 1 heterocycles. The van der Waals surface area contributed by atoms with E-state index in [9.17, 15) is 0 Å². The van der Waals surface area contributed by atoms with E-state index in [1.165, 1.54) is 29.5 Å². The fourth-order valence-corrected chi connectivity index (χ4v) is 3.06. The lowest BCUT2D eigenvalue weighted by Gasteiger charge is -2.17. The molecule has 0 aliphatic heterocycles. The van der Waals surface area contributed by atoms with Gasteiger partial charge in [-0.3, -0.25) is 0 Å². The van der Waals surface area contributed by atoms with Gasteiger partial charge in [0.05, 0.1) is 0 Å². The first-order valence-electron chi connectivity index (χ1n) is 7.86. The van der Waals surface area contributed by atoms with Crippen LogP contribution in [0.5, 0.6) is 0 Å². The van der Waals surface area contributed by atoms with Crippen molar-refractivity contribution in [1.29, 1.82) is 0 Å². The van der Waals surface area contributed by atoms with Gasteiger partial charge in [-0.25, -0.2) is 0 Å². The van der Waals surface area contributed by atoms with Gasteiger partial charge >= 0.3 is 0 Å². The normalized spacial score (nSPS) is 10.9. The summed E-state index contributed by atoms with van der Waals surface area (Å²) >= 11 is 5.50. The van der Waals surface area contributed by atoms with Gasteiger partial charge in [-0.1, -0.05) is 47.0 Å². The van der Waals surface area contributed by atoms with Crippen LogP contribution in [-0.4, -0.2) is 0 Å². The predicted molar refractivity (Wildman–Crippen MR) is 85.5 cm³/mol. The molecule has 0 aliphatic rings. The Morgan fingerprint density at radius 1 is 0.684 bits per heavy atom. The Kier molecular flexibility index (Phi) is 7.37. The lowest BCUT2D eigenvalue weighted by molar-refractivity contribution is 0.456. The molecule has 19 heavy (non-hydrogen) atoms. The quantitative estimate of drug-likeness (QED) is 0.557. The van der Waals surface area contributed by atoms with Crippen molar-refractivity contribution in [3.63, 3.8) is 0 Å². The van der Waals surface area contributed by atoms with Crippen molar-refractivity contribution in [1.82, 2.24) is 0 Å². The van der Waals surface area contributed by atoms with Crippen molar-refractivity contribution in [2.45, 2.75) is 79.1 Å². The van der Waals surface area contributed by atoms with Gasteiger partial charge in [-0.05, 0) is 49.0 Å². The Labute approximate surface area is 123 Å². The fraction of sp³-hybridized carbons (Fsp3) is 0.706. The second-order valence-corrected chi connectivity index (χ2v) is 5.62. The number of rotatable bonds is 8. The van der Waals surface area contributed by atoms with Crippen molar-refractivity contribution >= 4 is 12.2 Å². The molecule has 0 radical (unpaired) electrons. The summed E-state index contributed by atoms with van der Waals surface area (Å²) in [6.07, 6.45) is 8.94. The molecule has 0 bridgehead atoms. The highest BCUT2D eigenvalue weighted by Gasteiger charge is 2.15. The van der Waals surface area contributed by atoms with Gasteiger partial charge in [0.25, 0.3) is 0 Å². The van der Waals surface area contributed by atoms with Crippen LogP contribution in [-0.2, 0) is 25.7 Å². The molecule has 0 spiro atoms. The minimum Gasteiger partial charge on any atom is -0.450 e. The summed E-state index contributed by atoms with van der Waals surface area (Å²) in [5.74, 6) is 1.15. The molecule has 0 atom stereocenters. The SMILES string of the molecule is CCCc1oc(=S)c(CCC)c(CCC)c1CCC. The second kappa shape index (κ2) is 8.52. The van der Waals surface area contributed by atoms with Crippen LogP contribution in [0.2, 0.25) is 0 Å². The van der Waals surface area contributed by atoms with Crippen LogP contribution in [0.3, 0.4) is 0 Å². The summed E-state index contributed by atoms with van der Waals surface area (Å²) in [5, 5.41) is 0. The van der Waals surface area contributed by atoms with Crippen molar-refractivity contribution in [2.75, 3.05) is 0 Å². The fourth-order valence-electron chi connectivity index (χ4n) is 2.73. The molecule has 108 valence electrons. The zero-order chi connectivity index (χ0) is 14.3. The van der Waals surface area contributed by atoms with Gasteiger partial charge in [-0.2, -0.15) is 0 Å². The minimum absolute atomic E-state index is 0.744. The number of hydrogen-bond acceptors (Lipinski definition) is 2. The molecule has 0 saturated heterocycles. The van der Waals surface area contributed by atoms with Crippen molar-refractivity contribution in [2.24, 2.45) is 0 Å². The van der Waals surface area contributed by atoms with E-state index in [1.54, 1.807) is 0 Å². The highest BCUT2D eigenvalue weighted by molar-refractivity contribution is 7.71. The standard InChI is InChI=1S/C17H28OS/c1-5-9-13-14(10-6-2)16(12-8-4)18-17(19)15(13)11-7-3/h5-12H2,1-4H3. The maximum Gasteiger partial charge on any atom is 0.193 e. The van der Waals surface area contributed by atoms with Crippen LogP contribution in [0.15, 0.2) is 4.42 Å². The van der Waals surface area contributed by atoms with Gasteiger partial charge in [-0.15, -0.1) is 0 Å². The molecule has 1 rings (SSSR count). The summed E-state index contributed by atoms with van der Waals surface area (Å²) in [7, 11) is 0. The lowest BCUT2D eigenvalue weighted by Crippen LogP contribution is -2.06. The third kappa shape index (κ3) is 4.17. The molecule has 0 unspecified atom stereocenters. The first kappa shape index (κ1) is 16.4. The van der Waals surface area contributed by atoms with E-state index >= 15 is 0 Å². The Morgan fingerprint density at radius 3 is 1.68 bits per heavy atom. The second-order valence-electron chi connectivity index (χ2n) is 5.25. The molecule has 1 aromatic heterocycles. The van der Waals surface area contributed by atoms with E-state index in [1.807, 2.05) is 0 Å². The molecular weight excluding hydrogens is 252 g/mol. The topological polar surface area (TPSA) is 13.1 Å². The van der Waals surface area contributed by atoms with E-state index in [4.69, 9.17) is 16.6 Å². The summed E-state index contributed by atoms with van der Waals surface area (Å²) in [5.41, 5.74) is 4.27. The van der Waals surface area contributed by atoms with Crippen molar-refractivity contribution < 1.29 is 4.42 Å². The number of hydrogen-bond donors (Lipinski definition) is 0. The monoisotopic (exact) mass is 280 g/mol. The van der Waals surface area contributed by atoms with Gasteiger partial charge in [0, 0.05) is 12.0 Å². The molecule has 0 saturated carbocycles. The summed E-state index contributed by atoms with van der Waals surface area (Å²) in [4.78, 5) is 0. The average molecular weight is 280 g/mol. The third-order valence-corrected chi connectivity index (χ3v) is 3.83. The van der Waals surface area contributed by atoms with Crippen LogP contribution in [0.25, 0.3) is 0 Å². The smallest absolute Gasteiger partial charge is 0.193 e. The summed E-state index contributed by atoms with van der Waals surface area (Å²) < 4.78 is 6.73. The van der Waals surface area contributed by atoms with Gasteiger partial charge in [0.1, 0.15) is 5.76 Å². The summed E-state index contributed by atoms with van der Waals surface area (Å²) in [6.45, 7) is 8.91. The maximum absolute atomic E-state index is 5.99. The Morgan fingerprint density at radius 2 is 1.16 bits per heavy atom. The van der Waals surface area contributed by atoms with Gasteiger partial charge < -0.3 is 4.42 Å². The largest absolute Gasteiger partial charge is 0.450 e. The zero-order valence-corrected chi connectivity index (χ0v) is 13.8. The predicted octanol–water partition coefficient (Wildman–Crippen LogP) is 5.82. The molecule has 0 aromatic carbocycles. The highest BCUT2D eigenvalue weighted by Crippen LogP contribution is 2.26. The molecule has 0 amide bonds. The molecule has 0 N–H and O–H groups in total. The van der Waals surface area contributed by atoms with E-state index in [0.29, 0.717) is 0 Å². The number of aryl methyl sites for hydroxylation is 1. The highest BCUT2D eigenvalue weighted by atomic mass is 32.1. The van der Waals surface area contributed by atoms with E-state index in [2.05, 4.69) is 27.7 Å². The zero-order valence-electron chi connectivity index (χ0n) is 13.0. The molecule has 1 aromatic rings. The Hall–Kier alpha value is -0.630. The minimum atomic E-state index is 0.744. The summed E-state index contributed by atoms with van der Waals surface area (Å²) in [6, 6.07) is 0. The maximum atomic E-state index is 5.99. The van der Waals surface area contributed by atoms with Crippen molar-refractivity contribution in [3.8, 4) is 0 Å².